The number of aromatic nitrogens is 2. The molecular formula is C33H35ClF2N4. The second kappa shape index (κ2) is 12.4. The highest BCUT2D eigenvalue weighted by Crippen LogP contribution is 2.42. The van der Waals surface area contributed by atoms with Crippen LogP contribution < -0.4 is 5.32 Å². The molecule has 0 aliphatic heterocycles. The topological polar surface area (TPSA) is 41.0 Å². The molecule has 1 heterocycles. The van der Waals surface area contributed by atoms with Crippen LogP contribution >= 0.6 is 12.4 Å². The molecule has 3 aromatic carbocycles. The van der Waals surface area contributed by atoms with Gasteiger partial charge in [0, 0.05) is 36.0 Å². The van der Waals surface area contributed by atoms with E-state index in [0.717, 1.165) is 52.6 Å². The van der Waals surface area contributed by atoms with Gasteiger partial charge in [-0.3, -0.25) is 0 Å². The van der Waals surface area contributed by atoms with Gasteiger partial charge in [-0.25, -0.2) is 18.7 Å². The van der Waals surface area contributed by atoms with Gasteiger partial charge >= 0.3 is 0 Å². The fourth-order valence-corrected chi connectivity index (χ4v) is 6.12. The van der Waals surface area contributed by atoms with E-state index in [-0.39, 0.29) is 18.3 Å². The van der Waals surface area contributed by atoms with Gasteiger partial charge in [-0.05, 0) is 79.3 Å². The van der Waals surface area contributed by atoms with E-state index < -0.39 is 11.6 Å². The molecule has 40 heavy (non-hydrogen) atoms. The van der Waals surface area contributed by atoms with Crippen molar-refractivity contribution >= 4 is 24.0 Å². The van der Waals surface area contributed by atoms with Crippen LogP contribution in [0.5, 0.6) is 0 Å². The lowest BCUT2D eigenvalue weighted by Crippen LogP contribution is -2.34. The minimum absolute atomic E-state index is 0. The predicted molar refractivity (Wildman–Crippen MR) is 160 cm³/mol. The molecule has 2 aliphatic carbocycles. The fraction of sp³-hybridized carbons (Fsp3) is 0.333. The Labute approximate surface area is 241 Å². The van der Waals surface area contributed by atoms with E-state index in [0.29, 0.717) is 12.4 Å². The normalized spacial score (nSPS) is 16.6. The average Bonchev–Trinajstić information content (AvgIpc) is 2.98. The third kappa shape index (κ3) is 6.03. The van der Waals surface area contributed by atoms with E-state index in [4.69, 9.17) is 4.98 Å². The Kier molecular flexibility index (Phi) is 8.77. The molecule has 0 saturated heterocycles. The molecule has 1 atom stereocenters. The largest absolute Gasteiger partial charge is 0.324 e. The molecule has 1 unspecified atom stereocenters. The van der Waals surface area contributed by atoms with E-state index in [9.17, 15) is 8.78 Å². The second-order valence-electron chi connectivity index (χ2n) is 10.9. The van der Waals surface area contributed by atoms with E-state index in [2.05, 4.69) is 46.5 Å². The number of anilines is 2. The highest BCUT2D eigenvalue weighted by molar-refractivity contribution is 5.85. The van der Waals surface area contributed by atoms with E-state index >= 15 is 0 Å². The first kappa shape index (κ1) is 28.2. The van der Waals surface area contributed by atoms with Crippen molar-refractivity contribution in [2.24, 2.45) is 0 Å². The number of likely N-dealkylation sites (N-methyl/N-ethyl adjacent to an activating group) is 1. The average molecular weight is 561 g/mol. The van der Waals surface area contributed by atoms with Gasteiger partial charge in [0.1, 0.15) is 0 Å². The van der Waals surface area contributed by atoms with Crippen molar-refractivity contribution in [3.8, 4) is 11.3 Å². The third-order valence-electron chi connectivity index (χ3n) is 8.39. The van der Waals surface area contributed by atoms with Crippen LogP contribution in [0.1, 0.15) is 60.3 Å². The van der Waals surface area contributed by atoms with Crippen LogP contribution in [-0.2, 0) is 12.8 Å². The quantitative estimate of drug-likeness (QED) is 0.248. The van der Waals surface area contributed by atoms with Crippen molar-refractivity contribution in [3.63, 3.8) is 0 Å². The molecule has 2 aliphatic rings. The Balaban J connectivity index is 0.00000323. The van der Waals surface area contributed by atoms with Gasteiger partial charge in [0.05, 0.1) is 5.69 Å². The molecular weight excluding hydrogens is 526 g/mol. The molecule has 6 rings (SSSR count). The van der Waals surface area contributed by atoms with Gasteiger partial charge < -0.3 is 10.2 Å². The van der Waals surface area contributed by atoms with Gasteiger partial charge in [-0.2, -0.15) is 0 Å². The molecule has 7 heteroatoms. The lowest BCUT2D eigenvalue weighted by atomic mass is 9.78. The van der Waals surface area contributed by atoms with E-state index in [1.54, 1.807) is 6.07 Å². The first-order valence-corrected chi connectivity index (χ1v) is 14.0. The van der Waals surface area contributed by atoms with Crippen LogP contribution in [0.25, 0.3) is 11.3 Å². The van der Waals surface area contributed by atoms with Crippen molar-refractivity contribution in [3.05, 3.63) is 107 Å². The lowest BCUT2D eigenvalue weighted by Gasteiger charge is -2.31. The van der Waals surface area contributed by atoms with Crippen LogP contribution in [0.2, 0.25) is 0 Å². The van der Waals surface area contributed by atoms with Crippen molar-refractivity contribution in [2.45, 2.75) is 56.9 Å². The summed E-state index contributed by atoms with van der Waals surface area (Å²) >= 11 is 0. The van der Waals surface area contributed by atoms with Crippen molar-refractivity contribution in [2.75, 3.05) is 18.9 Å². The highest BCUT2D eigenvalue weighted by atomic mass is 35.5. The van der Waals surface area contributed by atoms with Crippen LogP contribution in [-0.4, -0.2) is 34.5 Å². The number of benzene rings is 3. The Morgan fingerprint density at radius 2 is 1.70 bits per heavy atom. The molecule has 0 bridgehead atoms. The number of hydrogen-bond donors (Lipinski definition) is 1. The Bertz CT molecular complexity index is 1450. The number of halogens is 3. The fourth-order valence-electron chi connectivity index (χ4n) is 6.12. The summed E-state index contributed by atoms with van der Waals surface area (Å²) < 4.78 is 27.6. The minimum Gasteiger partial charge on any atom is -0.324 e. The maximum absolute atomic E-state index is 14.0. The zero-order valence-corrected chi connectivity index (χ0v) is 23.6. The summed E-state index contributed by atoms with van der Waals surface area (Å²) in [5.74, 6) is -1.20. The molecule has 4 nitrogen and oxygen atoms in total. The Morgan fingerprint density at radius 1 is 0.925 bits per heavy atom. The summed E-state index contributed by atoms with van der Waals surface area (Å²) in [7, 11) is 2.26. The van der Waals surface area contributed by atoms with Gasteiger partial charge in [-0.1, -0.05) is 61.7 Å². The lowest BCUT2D eigenvalue weighted by molar-refractivity contribution is 0.194. The van der Waals surface area contributed by atoms with Crippen LogP contribution in [0.15, 0.2) is 72.9 Å². The van der Waals surface area contributed by atoms with Crippen molar-refractivity contribution in [1.82, 2.24) is 14.9 Å². The standard InChI is InChI=1S/C33H34F2N4.ClH/c1-39(26-7-3-2-4-8-26)18-17-22-11-14-25(15-12-22)37-33-36-21-24-19-29(23-13-16-30(34)31(35)20-23)27-9-5-6-10-28(27)32(24)38-33;/h5-6,9-16,20-21,26,29H,2-4,7-8,17-19H2,1H3,(H,36,37,38);1H. The summed E-state index contributed by atoms with van der Waals surface area (Å²) in [4.78, 5) is 12.0. The van der Waals surface area contributed by atoms with Crippen molar-refractivity contribution < 1.29 is 8.78 Å². The van der Waals surface area contributed by atoms with E-state index in [1.165, 1.54) is 49.8 Å². The summed E-state index contributed by atoms with van der Waals surface area (Å²) in [6, 6.07) is 21.5. The number of hydrogen-bond acceptors (Lipinski definition) is 4. The molecule has 0 radical (unpaired) electrons. The summed E-state index contributed by atoms with van der Waals surface area (Å²) in [6.07, 6.45) is 10.3. The molecule has 0 spiro atoms. The minimum atomic E-state index is -0.831. The molecule has 1 saturated carbocycles. The smallest absolute Gasteiger partial charge is 0.227 e. The zero-order chi connectivity index (χ0) is 26.8. The summed E-state index contributed by atoms with van der Waals surface area (Å²) in [6.45, 7) is 1.08. The van der Waals surface area contributed by atoms with Gasteiger partial charge in [-0.15, -0.1) is 12.4 Å². The first-order valence-electron chi connectivity index (χ1n) is 14.0. The maximum atomic E-state index is 14.0. The van der Waals surface area contributed by atoms with Crippen LogP contribution in [0.4, 0.5) is 20.4 Å². The highest BCUT2D eigenvalue weighted by Gasteiger charge is 2.28. The predicted octanol–water partition coefficient (Wildman–Crippen LogP) is 8.08. The third-order valence-corrected chi connectivity index (χ3v) is 8.39. The first-order chi connectivity index (χ1) is 19.0. The molecule has 1 aromatic heterocycles. The summed E-state index contributed by atoms with van der Waals surface area (Å²) in [5.41, 5.74) is 6.95. The van der Waals surface area contributed by atoms with Crippen LogP contribution in [0.3, 0.4) is 0 Å². The van der Waals surface area contributed by atoms with Crippen molar-refractivity contribution in [1.29, 1.82) is 0 Å². The number of nitrogens with one attached hydrogen (secondary N) is 1. The molecule has 0 amide bonds. The van der Waals surface area contributed by atoms with Gasteiger partial charge in [0.15, 0.2) is 11.6 Å². The zero-order valence-electron chi connectivity index (χ0n) is 22.7. The molecule has 4 aromatic rings. The summed E-state index contributed by atoms with van der Waals surface area (Å²) in [5, 5.41) is 3.36. The SMILES string of the molecule is CN(CCc1ccc(Nc2ncc3c(n2)-c2ccccc2C(c2ccc(F)c(F)c2)C3)cc1)C1CCCCC1.Cl. The van der Waals surface area contributed by atoms with Gasteiger partial charge in [0.2, 0.25) is 5.95 Å². The number of rotatable bonds is 7. The second-order valence-corrected chi connectivity index (χ2v) is 10.9. The molecule has 1 fully saturated rings. The van der Waals surface area contributed by atoms with Gasteiger partial charge in [0.25, 0.3) is 0 Å². The monoisotopic (exact) mass is 560 g/mol. The van der Waals surface area contributed by atoms with E-state index in [1.807, 2.05) is 30.5 Å². The number of nitrogens with zero attached hydrogens (tertiary/aromatic N) is 3. The number of fused-ring (bicyclic) bond motifs is 3. The Morgan fingerprint density at radius 3 is 2.48 bits per heavy atom. The molecule has 1 N–H and O–H groups in total. The molecule has 208 valence electrons. The maximum Gasteiger partial charge on any atom is 0.227 e. The van der Waals surface area contributed by atoms with Crippen LogP contribution in [0, 0.1) is 11.6 Å². The Hall–Kier alpha value is -3.35.